The van der Waals surface area contributed by atoms with Gasteiger partial charge in [0.1, 0.15) is 4.32 Å². The second kappa shape index (κ2) is 10.3. The van der Waals surface area contributed by atoms with Gasteiger partial charge in [-0.25, -0.2) is 0 Å². The standard InChI is InChI=1S/C23H36N2S2/c1-24(2)17-18-9-11-19(12-10-18)20-13-15-21(16-14-20)25(3)23(26)27-22-7-5-4-6-8-22/h9-12,20-22H,4-8,13-17H2,1-3H3. The number of nitrogens with zero attached hydrogens (tertiary/aromatic N) is 2. The molecule has 3 rings (SSSR count). The molecule has 2 saturated carbocycles. The molecule has 0 aromatic heterocycles. The van der Waals surface area contributed by atoms with E-state index in [0.717, 1.165) is 22.0 Å². The molecule has 0 saturated heterocycles. The lowest BCUT2D eigenvalue weighted by molar-refractivity contribution is 0.266. The van der Waals surface area contributed by atoms with Crippen LogP contribution in [0.4, 0.5) is 0 Å². The minimum Gasteiger partial charge on any atom is -0.358 e. The van der Waals surface area contributed by atoms with Crippen LogP contribution in [0.2, 0.25) is 0 Å². The van der Waals surface area contributed by atoms with Crippen LogP contribution in [0.15, 0.2) is 24.3 Å². The van der Waals surface area contributed by atoms with Crippen molar-refractivity contribution in [2.45, 2.75) is 81.5 Å². The predicted molar refractivity (Wildman–Crippen MR) is 124 cm³/mol. The summed E-state index contributed by atoms with van der Waals surface area (Å²) in [4.78, 5) is 4.65. The van der Waals surface area contributed by atoms with Crippen molar-refractivity contribution in [1.82, 2.24) is 9.80 Å². The molecule has 0 unspecified atom stereocenters. The predicted octanol–water partition coefficient (Wildman–Crippen LogP) is 6.06. The number of rotatable bonds is 5. The lowest BCUT2D eigenvalue weighted by Gasteiger charge is -2.37. The fourth-order valence-electron chi connectivity index (χ4n) is 4.61. The van der Waals surface area contributed by atoms with Crippen LogP contribution in [0.1, 0.15) is 74.8 Å². The maximum Gasteiger partial charge on any atom is 0.136 e. The van der Waals surface area contributed by atoms with Gasteiger partial charge in [-0.2, -0.15) is 0 Å². The molecule has 0 heterocycles. The summed E-state index contributed by atoms with van der Waals surface area (Å²) in [6.07, 6.45) is 12.0. The summed E-state index contributed by atoms with van der Waals surface area (Å²) in [6, 6.07) is 9.97. The number of thiocarbonyl (C=S) groups is 1. The fourth-order valence-corrected chi connectivity index (χ4v) is 6.34. The zero-order valence-corrected chi connectivity index (χ0v) is 19.0. The maximum atomic E-state index is 5.79. The Hall–Kier alpha value is -0.580. The topological polar surface area (TPSA) is 6.48 Å². The molecule has 0 spiro atoms. The highest BCUT2D eigenvalue weighted by Crippen LogP contribution is 2.36. The van der Waals surface area contributed by atoms with Crippen LogP contribution in [-0.2, 0) is 6.54 Å². The van der Waals surface area contributed by atoms with Crippen molar-refractivity contribution in [2.24, 2.45) is 0 Å². The lowest BCUT2D eigenvalue weighted by atomic mass is 9.81. The van der Waals surface area contributed by atoms with Crippen LogP contribution in [0.5, 0.6) is 0 Å². The molecule has 2 nitrogen and oxygen atoms in total. The molecular formula is C23H36N2S2. The van der Waals surface area contributed by atoms with Gasteiger partial charge in [-0.1, -0.05) is 67.5 Å². The van der Waals surface area contributed by atoms with Gasteiger partial charge in [0.15, 0.2) is 0 Å². The molecule has 0 aliphatic heterocycles. The van der Waals surface area contributed by atoms with Gasteiger partial charge in [-0.15, -0.1) is 0 Å². The summed E-state index contributed by atoms with van der Waals surface area (Å²) >= 11 is 7.77. The molecule has 1 aromatic carbocycles. The summed E-state index contributed by atoms with van der Waals surface area (Å²) in [5.74, 6) is 0.725. The molecule has 0 N–H and O–H groups in total. The average Bonchev–Trinajstić information content (AvgIpc) is 2.68. The summed E-state index contributed by atoms with van der Waals surface area (Å²) in [6.45, 7) is 1.02. The van der Waals surface area contributed by atoms with Gasteiger partial charge >= 0.3 is 0 Å². The third kappa shape index (κ3) is 6.20. The first-order chi connectivity index (χ1) is 13.0. The van der Waals surface area contributed by atoms with Crippen molar-refractivity contribution in [3.63, 3.8) is 0 Å². The third-order valence-corrected chi connectivity index (χ3v) is 8.17. The Labute approximate surface area is 176 Å². The van der Waals surface area contributed by atoms with Crippen molar-refractivity contribution in [2.75, 3.05) is 21.1 Å². The van der Waals surface area contributed by atoms with Crippen molar-refractivity contribution in [3.8, 4) is 0 Å². The first kappa shape index (κ1) is 21.1. The van der Waals surface area contributed by atoms with Gasteiger partial charge in [-0.05, 0) is 69.7 Å². The Morgan fingerprint density at radius 1 is 0.926 bits per heavy atom. The zero-order valence-electron chi connectivity index (χ0n) is 17.3. The van der Waals surface area contributed by atoms with Crippen molar-refractivity contribution < 1.29 is 0 Å². The van der Waals surface area contributed by atoms with E-state index in [-0.39, 0.29) is 0 Å². The van der Waals surface area contributed by atoms with Crippen LogP contribution < -0.4 is 0 Å². The number of hydrogen-bond donors (Lipinski definition) is 0. The Kier molecular flexibility index (Phi) is 8.04. The smallest absolute Gasteiger partial charge is 0.136 e. The highest BCUT2D eigenvalue weighted by molar-refractivity contribution is 8.23. The average molecular weight is 405 g/mol. The molecule has 2 fully saturated rings. The molecule has 0 radical (unpaired) electrons. The Balaban J connectivity index is 1.46. The number of hydrogen-bond acceptors (Lipinski definition) is 3. The van der Waals surface area contributed by atoms with Crippen molar-refractivity contribution >= 4 is 28.3 Å². The molecule has 0 amide bonds. The molecular weight excluding hydrogens is 368 g/mol. The van der Waals surface area contributed by atoms with E-state index in [1.54, 1.807) is 0 Å². The summed E-state index contributed by atoms with van der Waals surface area (Å²) < 4.78 is 1.14. The van der Waals surface area contributed by atoms with Gasteiger partial charge in [0.05, 0.1) is 0 Å². The summed E-state index contributed by atoms with van der Waals surface area (Å²) in [5, 5.41) is 0.769. The van der Waals surface area contributed by atoms with E-state index in [2.05, 4.69) is 55.2 Å². The van der Waals surface area contributed by atoms with E-state index in [1.807, 2.05) is 11.8 Å². The minimum atomic E-state index is 0.637. The highest BCUT2D eigenvalue weighted by Gasteiger charge is 2.27. The van der Waals surface area contributed by atoms with Crippen LogP contribution >= 0.6 is 24.0 Å². The van der Waals surface area contributed by atoms with E-state index in [0.29, 0.717) is 6.04 Å². The second-order valence-electron chi connectivity index (χ2n) is 8.74. The van der Waals surface area contributed by atoms with Gasteiger partial charge in [0.2, 0.25) is 0 Å². The maximum absolute atomic E-state index is 5.79. The molecule has 4 heteroatoms. The molecule has 2 aliphatic carbocycles. The monoisotopic (exact) mass is 404 g/mol. The van der Waals surface area contributed by atoms with E-state index >= 15 is 0 Å². The van der Waals surface area contributed by atoms with Crippen molar-refractivity contribution in [3.05, 3.63) is 35.4 Å². The quantitative estimate of drug-likeness (QED) is 0.550. The van der Waals surface area contributed by atoms with E-state index < -0.39 is 0 Å². The summed E-state index contributed by atoms with van der Waals surface area (Å²) in [5.41, 5.74) is 2.93. The molecule has 2 aliphatic rings. The van der Waals surface area contributed by atoms with Gasteiger partial charge in [0.25, 0.3) is 0 Å². The molecule has 0 atom stereocenters. The first-order valence-electron chi connectivity index (χ1n) is 10.7. The number of benzene rings is 1. The highest BCUT2D eigenvalue weighted by atomic mass is 32.2. The second-order valence-corrected chi connectivity index (χ2v) is 10.7. The van der Waals surface area contributed by atoms with Gasteiger partial charge in [0, 0.05) is 24.9 Å². The SMILES string of the molecule is CN(C)Cc1ccc(C2CCC(N(C)C(=S)SC3CCCCC3)CC2)cc1. The van der Waals surface area contributed by atoms with Gasteiger partial charge in [-0.3, -0.25) is 0 Å². The van der Waals surface area contributed by atoms with Crippen LogP contribution in [0.25, 0.3) is 0 Å². The summed E-state index contributed by atoms with van der Waals surface area (Å²) in [7, 11) is 6.49. The largest absolute Gasteiger partial charge is 0.358 e. The number of thioether (sulfide) groups is 1. The molecule has 150 valence electrons. The molecule has 1 aromatic rings. The van der Waals surface area contributed by atoms with Crippen LogP contribution in [0.3, 0.4) is 0 Å². The molecule has 0 bridgehead atoms. The van der Waals surface area contributed by atoms with E-state index in [4.69, 9.17) is 12.2 Å². The normalized spacial score (nSPS) is 24.1. The fraction of sp³-hybridized carbons (Fsp3) is 0.696. The Morgan fingerprint density at radius 3 is 2.15 bits per heavy atom. The van der Waals surface area contributed by atoms with E-state index in [1.165, 1.54) is 68.9 Å². The lowest BCUT2D eigenvalue weighted by Crippen LogP contribution is -2.37. The zero-order chi connectivity index (χ0) is 19.2. The molecule has 27 heavy (non-hydrogen) atoms. The van der Waals surface area contributed by atoms with Gasteiger partial charge < -0.3 is 9.80 Å². The third-order valence-electron chi connectivity index (χ3n) is 6.30. The Bertz CT molecular complexity index is 585. The first-order valence-corrected chi connectivity index (χ1v) is 12.0. The minimum absolute atomic E-state index is 0.637. The van der Waals surface area contributed by atoms with Crippen molar-refractivity contribution in [1.29, 1.82) is 0 Å². The van der Waals surface area contributed by atoms with E-state index in [9.17, 15) is 0 Å². The van der Waals surface area contributed by atoms with Crippen LogP contribution in [-0.4, -0.2) is 46.6 Å². The Morgan fingerprint density at radius 2 is 1.56 bits per heavy atom. The van der Waals surface area contributed by atoms with Crippen LogP contribution in [0, 0.1) is 0 Å².